The second kappa shape index (κ2) is 9.13. The summed E-state index contributed by atoms with van der Waals surface area (Å²) < 4.78 is 21.7. The number of fused-ring (bicyclic) bond motifs is 1. The molecule has 1 heterocycles. The summed E-state index contributed by atoms with van der Waals surface area (Å²) in [4.78, 5) is 12.3. The molecule has 0 radical (unpaired) electrons. The number of rotatable bonds is 8. The number of hydrogen-bond donors (Lipinski definition) is 0. The van der Waals surface area contributed by atoms with Crippen molar-refractivity contribution >= 4 is 11.0 Å². The van der Waals surface area contributed by atoms with Crippen LogP contribution in [-0.4, -0.2) is 20.8 Å². The third-order valence-electron chi connectivity index (χ3n) is 3.98. The minimum absolute atomic E-state index is 0.0709. The zero-order chi connectivity index (χ0) is 19.1. The number of benzene rings is 1. The average molecular weight is 358 g/mol. The van der Waals surface area contributed by atoms with Gasteiger partial charge < -0.3 is 18.6 Å². The summed E-state index contributed by atoms with van der Waals surface area (Å²) in [6, 6.07) is 5.33. The molecule has 0 spiro atoms. The minimum Gasteiger partial charge on any atom is -0.493 e. The van der Waals surface area contributed by atoms with Crippen LogP contribution in [0.4, 0.5) is 0 Å². The van der Waals surface area contributed by atoms with Crippen molar-refractivity contribution in [3.8, 4) is 17.2 Å². The predicted molar refractivity (Wildman–Crippen MR) is 104 cm³/mol. The fraction of sp³-hybridized carbons (Fsp3) is 0.381. The molecule has 5 nitrogen and oxygen atoms in total. The quantitative estimate of drug-likeness (QED) is 0.497. The van der Waals surface area contributed by atoms with Crippen molar-refractivity contribution in [2.24, 2.45) is 0 Å². The van der Waals surface area contributed by atoms with E-state index in [0.29, 0.717) is 22.5 Å². The molecule has 0 amide bonds. The molecule has 2 rings (SSSR count). The van der Waals surface area contributed by atoms with Gasteiger partial charge in [0.2, 0.25) is 5.75 Å². The van der Waals surface area contributed by atoms with E-state index in [1.54, 1.807) is 18.2 Å². The lowest BCUT2D eigenvalue weighted by molar-refractivity contribution is 0.308. The van der Waals surface area contributed by atoms with E-state index in [1.165, 1.54) is 25.4 Å². The number of hydrogen-bond acceptors (Lipinski definition) is 5. The lowest BCUT2D eigenvalue weighted by atomic mass is 10.1. The molecule has 0 atom stereocenters. The Bertz CT molecular complexity index is 870. The first-order valence-electron chi connectivity index (χ1n) is 8.57. The Balaban J connectivity index is 2.23. The first kappa shape index (κ1) is 19.6. The van der Waals surface area contributed by atoms with Crippen LogP contribution in [0.2, 0.25) is 0 Å². The topological polar surface area (TPSA) is 57.9 Å². The normalized spacial score (nSPS) is 11.3. The second-order valence-electron chi connectivity index (χ2n) is 6.27. The predicted octanol–water partition coefficient (Wildman–Crippen LogP) is 4.88. The Labute approximate surface area is 153 Å². The van der Waals surface area contributed by atoms with Crippen molar-refractivity contribution in [1.29, 1.82) is 0 Å². The fourth-order valence-corrected chi connectivity index (χ4v) is 2.60. The molecule has 2 aromatic rings. The third kappa shape index (κ3) is 4.69. The number of allylic oxidation sites excluding steroid dienone is 3. The van der Waals surface area contributed by atoms with Crippen molar-refractivity contribution in [1.82, 2.24) is 0 Å². The maximum absolute atomic E-state index is 12.3. The Morgan fingerprint density at radius 1 is 1.08 bits per heavy atom. The van der Waals surface area contributed by atoms with E-state index in [1.807, 2.05) is 13.0 Å². The molecule has 0 bridgehead atoms. The fourth-order valence-electron chi connectivity index (χ4n) is 2.60. The average Bonchev–Trinajstić information content (AvgIpc) is 2.61. The smallest absolute Gasteiger partial charge is 0.383 e. The zero-order valence-corrected chi connectivity index (χ0v) is 16.0. The third-order valence-corrected chi connectivity index (χ3v) is 3.98. The molecule has 5 heteroatoms. The van der Waals surface area contributed by atoms with Gasteiger partial charge in [0.05, 0.1) is 19.6 Å². The van der Waals surface area contributed by atoms with Crippen LogP contribution in [0.15, 0.2) is 50.7 Å². The molecule has 140 valence electrons. The van der Waals surface area contributed by atoms with Gasteiger partial charge in [0.15, 0.2) is 17.1 Å². The molecule has 0 aliphatic rings. The standard InChI is InChI=1S/C21H26O5/c1-14(2)8-6-9-15(3)12-13-25-20-19(24-5)16-10-7-11-17(23-4)18(16)26-21(20)22/h7-8,10-12H,6,9,13H2,1-5H3. The molecular weight excluding hydrogens is 332 g/mol. The van der Waals surface area contributed by atoms with Gasteiger partial charge in [-0.05, 0) is 51.8 Å². The van der Waals surface area contributed by atoms with E-state index < -0.39 is 5.63 Å². The van der Waals surface area contributed by atoms with Gasteiger partial charge in [-0.3, -0.25) is 0 Å². The van der Waals surface area contributed by atoms with Gasteiger partial charge in [0, 0.05) is 0 Å². The van der Waals surface area contributed by atoms with Gasteiger partial charge in [0.1, 0.15) is 6.61 Å². The molecule has 0 aliphatic heterocycles. The van der Waals surface area contributed by atoms with Crippen molar-refractivity contribution < 1.29 is 18.6 Å². The van der Waals surface area contributed by atoms with Crippen LogP contribution in [0.3, 0.4) is 0 Å². The van der Waals surface area contributed by atoms with Crippen LogP contribution in [0.25, 0.3) is 11.0 Å². The highest BCUT2D eigenvalue weighted by Gasteiger charge is 2.18. The number of ether oxygens (including phenoxy) is 3. The van der Waals surface area contributed by atoms with E-state index in [0.717, 1.165) is 12.8 Å². The van der Waals surface area contributed by atoms with Crippen molar-refractivity contribution in [3.05, 3.63) is 51.9 Å². The maximum Gasteiger partial charge on any atom is 0.383 e. The largest absolute Gasteiger partial charge is 0.493 e. The van der Waals surface area contributed by atoms with Gasteiger partial charge in [-0.2, -0.15) is 0 Å². The van der Waals surface area contributed by atoms with Crippen molar-refractivity contribution in [2.45, 2.75) is 33.6 Å². The van der Waals surface area contributed by atoms with Crippen LogP contribution < -0.4 is 19.8 Å². The lowest BCUT2D eigenvalue weighted by Gasteiger charge is -2.12. The molecule has 0 unspecified atom stereocenters. The SMILES string of the molecule is COc1c(OCC=C(C)CCC=C(C)C)c(=O)oc2c(OC)cccc12. The minimum atomic E-state index is -0.588. The highest BCUT2D eigenvalue weighted by molar-refractivity contribution is 5.89. The highest BCUT2D eigenvalue weighted by atomic mass is 16.5. The van der Waals surface area contributed by atoms with E-state index >= 15 is 0 Å². The van der Waals surface area contributed by atoms with Gasteiger partial charge in [-0.15, -0.1) is 0 Å². The molecule has 0 saturated heterocycles. The van der Waals surface area contributed by atoms with Crippen LogP contribution in [0.1, 0.15) is 33.6 Å². The van der Waals surface area contributed by atoms with Gasteiger partial charge >= 0.3 is 5.63 Å². The van der Waals surface area contributed by atoms with E-state index in [9.17, 15) is 4.79 Å². The molecule has 0 N–H and O–H groups in total. The Kier molecular flexibility index (Phi) is 6.89. The van der Waals surface area contributed by atoms with Gasteiger partial charge in [0.25, 0.3) is 0 Å². The summed E-state index contributed by atoms with van der Waals surface area (Å²) in [7, 11) is 3.02. The molecule has 0 aliphatic carbocycles. The Morgan fingerprint density at radius 3 is 2.50 bits per heavy atom. The van der Waals surface area contributed by atoms with Crippen LogP contribution >= 0.6 is 0 Å². The summed E-state index contributed by atoms with van der Waals surface area (Å²) in [5.74, 6) is 0.895. The van der Waals surface area contributed by atoms with E-state index in [-0.39, 0.29) is 12.4 Å². The van der Waals surface area contributed by atoms with Gasteiger partial charge in [-0.1, -0.05) is 23.3 Å². The molecule has 1 aromatic carbocycles. The monoisotopic (exact) mass is 358 g/mol. The van der Waals surface area contributed by atoms with Gasteiger partial charge in [-0.25, -0.2) is 4.79 Å². The first-order valence-corrected chi connectivity index (χ1v) is 8.57. The molecule has 0 fully saturated rings. The molecule has 26 heavy (non-hydrogen) atoms. The second-order valence-corrected chi connectivity index (χ2v) is 6.27. The Morgan fingerprint density at radius 2 is 1.85 bits per heavy atom. The van der Waals surface area contributed by atoms with Crippen LogP contribution in [0, 0.1) is 0 Å². The van der Waals surface area contributed by atoms with Crippen LogP contribution in [-0.2, 0) is 0 Å². The van der Waals surface area contributed by atoms with Crippen molar-refractivity contribution in [2.75, 3.05) is 20.8 Å². The summed E-state index contributed by atoms with van der Waals surface area (Å²) in [5.41, 5.74) is 2.27. The number of methoxy groups -OCH3 is 2. The summed E-state index contributed by atoms with van der Waals surface area (Å²) in [5, 5.41) is 0.630. The molecule has 1 aromatic heterocycles. The van der Waals surface area contributed by atoms with Crippen molar-refractivity contribution in [3.63, 3.8) is 0 Å². The molecule has 0 saturated carbocycles. The summed E-state index contributed by atoms with van der Waals surface area (Å²) in [6.07, 6.45) is 6.11. The zero-order valence-electron chi connectivity index (χ0n) is 16.0. The van der Waals surface area contributed by atoms with Crippen LogP contribution in [0.5, 0.6) is 17.2 Å². The molecular formula is C21H26O5. The first-order chi connectivity index (χ1) is 12.5. The van der Waals surface area contributed by atoms with E-state index in [2.05, 4.69) is 19.9 Å². The number of para-hydroxylation sites is 1. The summed E-state index contributed by atoms with van der Waals surface area (Å²) in [6.45, 7) is 6.50. The highest BCUT2D eigenvalue weighted by Crippen LogP contribution is 2.36. The summed E-state index contributed by atoms with van der Waals surface area (Å²) >= 11 is 0. The van der Waals surface area contributed by atoms with E-state index in [4.69, 9.17) is 18.6 Å². The Hall–Kier alpha value is -2.69. The maximum atomic E-state index is 12.3. The lowest BCUT2D eigenvalue weighted by Crippen LogP contribution is -2.10.